The Labute approximate surface area is 171 Å². The van der Waals surface area contributed by atoms with Gasteiger partial charge in [0.15, 0.2) is 6.54 Å². The number of ether oxygens (including phenoxy) is 2. The van der Waals surface area contributed by atoms with Gasteiger partial charge in [-0.3, -0.25) is 4.79 Å². The molecule has 0 radical (unpaired) electrons. The van der Waals surface area contributed by atoms with Crippen LogP contribution >= 0.6 is 0 Å². The van der Waals surface area contributed by atoms with Crippen LogP contribution < -0.4 is 24.6 Å². The largest absolute Gasteiger partial charge is 0.497 e. The van der Waals surface area contributed by atoms with E-state index in [2.05, 4.69) is 5.32 Å². The quantitative estimate of drug-likeness (QED) is 0.554. The van der Waals surface area contributed by atoms with Crippen molar-refractivity contribution in [2.24, 2.45) is 0 Å². The van der Waals surface area contributed by atoms with Crippen LogP contribution in [0.5, 0.6) is 11.5 Å². The number of carbonyl (C=O) groups excluding carboxylic acids is 1. The van der Waals surface area contributed by atoms with Gasteiger partial charge >= 0.3 is 0 Å². The Bertz CT molecular complexity index is 805. The molecule has 7 heteroatoms. The normalized spacial score (nSPS) is 18.9. The maximum atomic E-state index is 13.6. The molecule has 29 heavy (non-hydrogen) atoms. The highest BCUT2D eigenvalue weighted by Crippen LogP contribution is 2.18. The summed E-state index contributed by atoms with van der Waals surface area (Å²) in [6.45, 7) is 5.46. The van der Waals surface area contributed by atoms with E-state index in [9.17, 15) is 9.18 Å². The summed E-state index contributed by atoms with van der Waals surface area (Å²) in [4.78, 5) is 14.9. The fourth-order valence-electron chi connectivity index (χ4n) is 3.70. The van der Waals surface area contributed by atoms with Crippen LogP contribution in [0.3, 0.4) is 0 Å². The van der Waals surface area contributed by atoms with Gasteiger partial charge < -0.3 is 24.6 Å². The summed E-state index contributed by atoms with van der Waals surface area (Å²) in [6.07, 6.45) is 0. The molecule has 3 rings (SSSR count). The van der Waals surface area contributed by atoms with Gasteiger partial charge in [-0.2, -0.15) is 0 Å². The lowest BCUT2D eigenvalue weighted by Crippen LogP contribution is -3.28. The minimum Gasteiger partial charge on any atom is -0.497 e. The van der Waals surface area contributed by atoms with Crippen molar-refractivity contribution in [3.63, 3.8) is 0 Å². The number of rotatable bonds is 8. The molecule has 0 unspecified atom stereocenters. The molecule has 6 nitrogen and oxygen atoms in total. The van der Waals surface area contributed by atoms with Crippen LogP contribution in [0.2, 0.25) is 0 Å². The molecule has 0 spiro atoms. The second-order valence-corrected chi connectivity index (χ2v) is 7.43. The standard InChI is InChI=1S/C22H28FN3O3/c1-28-20-6-3-17(4-7-20)14-24-22(27)16-26-11-9-25(10-12-26)15-18-13-19(23)5-8-21(18)29-2/h3-8,13H,9-12,14-16H2,1-2H3,(H,24,27)/p+2. The molecule has 0 saturated carbocycles. The molecule has 1 heterocycles. The molecule has 0 aliphatic carbocycles. The zero-order valence-electron chi connectivity index (χ0n) is 17.1. The average molecular weight is 403 g/mol. The first-order valence-electron chi connectivity index (χ1n) is 9.96. The monoisotopic (exact) mass is 403 g/mol. The van der Waals surface area contributed by atoms with E-state index in [0.29, 0.717) is 13.1 Å². The number of carbonyl (C=O) groups is 1. The Morgan fingerprint density at radius 3 is 2.34 bits per heavy atom. The second kappa shape index (κ2) is 10.2. The predicted molar refractivity (Wildman–Crippen MR) is 108 cm³/mol. The lowest BCUT2D eigenvalue weighted by atomic mass is 10.1. The van der Waals surface area contributed by atoms with Gasteiger partial charge in [0, 0.05) is 6.54 Å². The van der Waals surface area contributed by atoms with Crippen molar-refractivity contribution in [2.75, 3.05) is 46.9 Å². The molecule has 2 aromatic rings. The molecule has 0 bridgehead atoms. The van der Waals surface area contributed by atoms with Gasteiger partial charge in [0.05, 0.1) is 19.8 Å². The fourth-order valence-corrected chi connectivity index (χ4v) is 3.70. The number of amides is 1. The van der Waals surface area contributed by atoms with Crippen LogP contribution in [-0.4, -0.2) is 52.9 Å². The summed E-state index contributed by atoms with van der Waals surface area (Å²) in [5, 5.41) is 2.99. The summed E-state index contributed by atoms with van der Waals surface area (Å²) in [5.41, 5.74) is 1.94. The number of benzene rings is 2. The summed E-state index contributed by atoms with van der Waals surface area (Å²) >= 11 is 0. The molecule has 1 aliphatic heterocycles. The minimum atomic E-state index is -0.238. The summed E-state index contributed by atoms with van der Waals surface area (Å²) in [5.74, 6) is 1.36. The fraction of sp³-hybridized carbons (Fsp3) is 0.409. The van der Waals surface area contributed by atoms with E-state index in [0.717, 1.165) is 55.3 Å². The third kappa shape index (κ3) is 6.17. The number of piperazine rings is 1. The molecule has 156 valence electrons. The Morgan fingerprint density at radius 2 is 1.69 bits per heavy atom. The zero-order chi connectivity index (χ0) is 20.6. The predicted octanol–water partition coefficient (Wildman–Crippen LogP) is -0.557. The topological polar surface area (TPSA) is 56.4 Å². The van der Waals surface area contributed by atoms with Crippen LogP contribution in [0.25, 0.3) is 0 Å². The van der Waals surface area contributed by atoms with E-state index in [1.807, 2.05) is 24.3 Å². The highest BCUT2D eigenvalue weighted by atomic mass is 19.1. The first kappa shape index (κ1) is 21.1. The Morgan fingerprint density at radius 1 is 1.00 bits per heavy atom. The second-order valence-electron chi connectivity index (χ2n) is 7.43. The van der Waals surface area contributed by atoms with Crippen molar-refractivity contribution in [1.29, 1.82) is 0 Å². The Balaban J connectivity index is 1.41. The van der Waals surface area contributed by atoms with E-state index in [1.165, 1.54) is 15.9 Å². The van der Waals surface area contributed by atoms with Crippen molar-refractivity contribution in [3.05, 3.63) is 59.4 Å². The van der Waals surface area contributed by atoms with E-state index in [1.54, 1.807) is 26.4 Å². The molecular formula is C22H30FN3O3+2. The molecule has 1 fully saturated rings. The van der Waals surface area contributed by atoms with E-state index in [-0.39, 0.29) is 11.7 Å². The van der Waals surface area contributed by atoms with Crippen LogP contribution in [0.15, 0.2) is 42.5 Å². The first-order chi connectivity index (χ1) is 14.1. The molecule has 3 N–H and O–H groups in total. The van der Waals surface area contributed by atoms with Gasteiger partial charge in [-0.25, -0.2) is 4.39 Å². The lowest BCUT2D eigenvalue weighted by molar-refractivity contribution is -1.02. The van der Waals surface area contributed by atoms with Crippen molar-refractivity contribution in [3.8, 4) is 11.5 Å². The van der Waals surface area contributed by atoms with Crippen LogP contribution in [-0.2, 0) is 17.9 Å². The summed E-state index contributed by atoms with van der Waals surface area (Å²) < 4.78 is 24.0. The lowest BCUT2D eigenvalue weighted by Gasteiger charge is -2.29. The molecular weight excluding hydrogens is 373 g/mol. The molecule has 2 aromatic carbocycles. The highest BCUT2D eigenvalue weighted by Gasteiger charge is 2.25. The maximum Gasteiger partial charge on any atom is 0.275 e. The van der Waals surface area contributed by atoms with Crippen LogP contribution in [0, 0.1) is 5.82 Å². The van der Waals surface area contributed by atoms with Gasteiger partial charge in [-0.1, -0.05) is 12.1 Å². The highest BCUT2D eigenvalue weighted by molar-refractivity contribution is 5.76. The third-order valence-corrected chi connectivity index (χ3v) is 5.41. The number of quaternary nitrogens is 2. The molecule has 1 aliphatic rings. The minimum absolute atomic E-state index is 0.0612. The third-order valence-electron chi connectivity index (χ3n) is 5.41. The van der Waals surface area contributed by atoms with Gasteiger partial charge in [0.2, 0.25) is 0 Å². The number of hydrogen-bond donors (Lipinski definition) is 3. The van der Waals surface area contributed by atoms with Crippen molar-refractivity contribution < 1.29 is 28.5 Å². The molecule has 1 amide bonds. The Kier molecular flexibility index (Phi) is 7.43. The van der Waals surface area contributed by atoms with Crippen molar-refractivity contribution in [2.45, 2.75) is 13.1 Å². The van der Waals surface area contributed by atoms with Gasteiger partial charge in [-0.15, -0.1) is 0 Å². The van der Waals surface area contributed by atoms with Gasteiger partial charge in [0.25, 0.3) is 5.91 Å². The smallest absolute Gasteiger partial charge is 0.275 e. The SMILES string of the molecule is COc1ccc(CNC(=O)C[NH+]2CC[NH+](Cc3cc(F)ccc3OC)CC2)cc1. The first-order valence-corrected chi connectivity index (χ1v) is 9.96. The van der Waals surface area contributed by atoms with Crippen LogP contribution in [0.1, 0.15) is 11.1 Å². The zero-order valence-corrected chi connectivity index (χ0v) is 17.1. The maximum absolute atomic E-state index is 13.6. The van der Waals surface area contributed by atoms with Gasteiger partial charge in [0.1, 0.15) is 50.0 Å². The summed E-state index contributed by atoms with van der Waals surface area (Å²) in [6, 6.07) is 12.3. The molecule has 0 atom stereocenters. The van der Waals surface area contributed by atoms with E-state index < -0.39 is 0 Å². The average Bonchev–Trinajstić information content (AvgIpc) is 2.74. The number of hydrogen-bond acceptors (Lipinski definition) is 3. The van der Waals surface area contributed by atoms with Crippen molar-refractivity contribution >= 4 is 5.91 Å². The Hall–Kier alpha value is -2.64. The van der Waals surface area contributed by atoms with Crippen molar-refractivity contribution in [1.82, 2.24) is 5.32 Å². The number of nitrogens with one attached hydrogen (secondary N) is 3. The van der Waals surface area contributed by atoms with Crippen LogP contribution in [0.4, 0.5) is 4.39 Å². The molecule has 1 saturated heterocycles. The van der Waals surface area contributed by atoms with E-state index in [4.69, 9.17) is 9.47 Å². The van der Waals surface area contributed by atoms with Gasteiger partial charge in [-0.05, 0) is 35.9 Å². The number of methoxy groups -OCH3 is 2. The summed E-state index contributed by atoms with van der Waals surface area (Å²) in [7, 11) is 3.24. The van der Waals surface area contributed by atoms with E-state index >= 15 is 0 Å². The molecule has 0 aromatic heterocycles. The number of halogens is 1.